The van der Waals surface area contributed by atoms with E-state index in [-0.39, 0.29) is 18.4 Å². The number of carbonyl (C=O) groups excluding carboxylic acids is 2. The van der Waals surface area contributed by atoms with Crippen molar-refractivity contribution >= 4 is 35.0 Å². The van der Waals surface area contributed by atoms with E-state index in [1.165, 1.54) is 4.90 Å². The van der Waals surface area contributed by atoms with Gasteiger partial charge in [0.2, 0.25) is 5.91 Å². The molecule has 0 radical (unpaired) electrons. The highest BCUT2D eigenvalue weighted by molar-refractivity contribution is 6.35. The van der Waals surface area contributed by atoms with E-state index in [0.29, 0.717) is 34.8 Å². The van der Waals surface area contributed by atoms with E-state index < -0.39 is 6.04 Å². The Kier molecular flexibility index (Phi) is 9.00. The zero-order chi connectivity index (χ0) is 22.3. The molecule has 2 aromatic rings. The van der Waals surface area contributed by atoms with Crippen LogP contribution in [0.15, 0.2) is 42.5 Å². The Balaban J connectivity index is 2.14. The van der Waals surface area contributed by atoms with Gasteiger partial charge in [-0.3, -0.25) is 9.59 Å². The van der Waals surface area contributed by atoms with Crippen LogP contribution in [0.25, 0.3) is 0 Å². The Hall–Kier alpha value is -2.24. The van der Waals surface area contributed by atoms with Crippen LogP contribution < -0.4 is 10.1 Å². The van der Waals surface area contributed by atoms with Gasteiger partial charge in [0, 0.05) is 18.1 Å². The average Bonchev–Trinajstić information content (AvgIpc) is 2.70. The van der Waals surface area contributed by atoms with Crippen LogP contribution in [-0.4, -0.2) is 35.9 Å². The molecule has 0 fully saturated rings. The molecular weight excluding hydrogens is 423 g/mol. The van der Waals surface area contributed by atoms with Crippen LogP contribution in [0.4, 0.5) is 0 Å². The van der Waals surface area contributed by atoms with E-state index in [9.17, 15) is 9.59 Å². The van der Waals surface area contributed by atoms with Crippen LogP contribution in [0.3, 0.4) is 0 Å². The van der Waals surface area contributed by atoms with Crippen LogP contribution >= 0.6 is 23.2 Å². The number of halogens is 2. The minimum atomic E-state index is -0.651. The molecule has 0 aliphatic heterocycles. The Labute approximate surface area is 188 Å². The summed E-state index contributed by atoms with van der Waals surface area (Å²) in [4.78, 5) is 27.1. The predicted molar refractivity (Wildman–Crippen MR) is 121 cm³/mol. The van der Waals surface area contributed by atoms with Crippen molar-refractivity contribution in [2.24, 2.45) is 5.92 Å². The third-order valence-corrected chi connectivity index (χ3v) is 5.10. The van der Waals surface area contributed by atoms with Crippen LogP contribution in [0.2, 0.25) is 10.0 Å². The topological polar surface area (TPSA) is 58.6 Å². The minimum Gasteiger partial charge on any atom is -0.482 e. The molecule has 1 N–H and O–H groups in total. The highest BCUT2D eigenvalue weighted by Gasteiger charge is 2.26. The zero-order valence-corrected chi connectivity index (χ0v) is 19.3. The monoisotopic (exact) mass is 450 g/mol. The maximum atomic E-state index is 13.0. The van der Waals surface area contributed by atoms with Gasteiger partial charge in [-0.05, 0) is 43.5 Å². The van der Waals surface area contributed by atoms with Crippen molar-refractivity contribution < 1.29 is 14.3 Å². The maximum Gasteiger partial charge on any atom is 0.261 e. The molecular formula is C23H28Cl2N2O3. The average molecular weight is 451 g/mol. The lowest BCUT2D eigenvalue weighted by Crippen LogP contribution is -2.49. The van der Waals surface area contributed by atoms with Gasteiger partial charge in [-0.25, -0.2) is 0 Å². The molecule has 0 heterocycles. The largest absolute Gasteiger partial charge is 0.482 e. The lowest BCUT2D eigenvalue weighted by Gasteiger charge is -2.29. The molecule has 162 valence electrons. The minimum absolute atomic E-state index is 0.200. The van der Waals surface area contributed by atoms with Gasteiger partial charge in [-0.15, -0.1) is 0 Å². The van der Waals surface area contributed by atoms with Gasteiger partial charge >= 0.3 is 0 Å². The van der Waals surface area contributed by atoms with Crippen molar-refractivity contribution in [1.82, 2.24) is 10.2 Å². The van der Waals surface area contributed by atoms with Crippen LogP contribution in [0, 0.1) is 12.8 Å². The summed E-state index contributed by atoms with van der Waals surface area (Å²) in [7, 11) is 0. The summed E-state index contributed by atoms with van der Waals surface area (Å²) in [6, 6.07) is 12.0. The van der Waals surface area contributed by atoms with Crippen molar-refractivity contribution in [3.8, 4) is 5.75 Å². The normalized spacial score (nSPS) is 11.8. The molecule has 5 nitrogen and oxygen atoms in total. The first kappa shape index (κ1) is 24.0. The fourth-order valence-corrected chi connectivity index (χ4v) is 3.20. The van der Waals surface area contributed by atoms with E-state index in [2.05, 4.69) is 5.32 Å². The second-order valence-corrected chi connectivity index (χ2v) is 8.53. The summed E-state index contributed by atoms with van der Waals surface area (Å²) in [5, 5.41) is 3.70. The number of aryl methyl sites for hydroxylation is 1. The van der Waals surface area contributed by atoms with Gasteiger partial charge in [0.1, 0.15) is 11.8 Å². The molecule has 2 rings (SSSR count). The summed E-state index contributed by atoms with van der Waals surface area (Å²) in [5.41, 5.74) is 2.06. The Bertz CT molecular complexity index is 869. The number of carbonyl (C=O) groups is 2. The quantitative estimate of drug-likeness (QED) is 0.592. The summed E-state index contributed by atoms with van der Waals surface area (Å²) < 4.78 is 5.61. The molecule has 0 bridgehead atoms. The van der Waals surface area contributed by atoms with Gasteiger partial charge in [-0.1, -0.05) is 66.9 Å². The molecule has 7 heteroatoms. The van der Waals surface area contributed by atoms with Crippen molar-refractivity contribution in [3.63, 3.8) is 0 Å². The molecule has 0 aromatic heterocycles. The third kappa shape index (κ3) is 7.22. The first-order valence-corrected chi connectivity index (χ1v) is 10.6. The van der Waals surface area contributed by atoms with E-state index in [1.807, 2.05) is 45.0 Å². The standard InChI is InChI=1S/C23H28Cl2N2O3/c1-15(2)12-26-23(29)17(4)27(13-18-7-5-16(3)6-8-18)22(28)14-30-21-10-9-19(24)11-20(21)25/h5-11,15,17H,12-14H2,1-4H3,(H,26,29). The van der Waals surface area contributed by atoms with Crippen LogP contribution in [-0.2, 0) is 16.1 Å². The Morgan fingerprint density at radius 2 is 1.73 bits per heavy atom. The Morgan fingerprint density at radius 1 is 1.07 bits per heavy atom. The number of hydrogen-bond donors (Lipinski definition) is 1. The lowest BCUT2D eigenvalue weighted by atomic mass is 10.1. The van der Waals surface area contributed by atoms with Crippen molar-refractivity contribution in [2.45, 2.75) is 40.3 Å². The van der Waals surface area contributed by atoms with E-state index >= 15 is 0 Å². The van der Waals surface area contributed by atoms with E-state index in [0.717, 1.165) is 11.1 Å². The molecule has 1 unspecified atom stereocenters. The summed E-state index contributed by atoms with van der Waals surface area (Å²) in [6.45, 7) is 8.36. The fraction of sp³-hybridized carbons (Fsp3) is 0.391. The molecule has 0 aliphatic carbocycles. The number of amides is 2. The number of nitrogens with one attached hydrogen (secondary N) is 1. The highest BCUT2D eigenvalue weighted by Crippen LogP contribution is 2.27. The molecule has 0 saturated heterocycles. The molecule has 2 aromatic carbocycles. The SMILES string of the molecule is Cc1ccc(CN(C(=O)COc2ccc(Cl)cc2Cl)C(C)C(=O)NCC(C)C)cc1. The lowest BCUT2D eigenvalue weighted by molar-refractivity contribution is -0.142. The number of nitrogens with zero attached hydrogens (tertiary/aromatic N) is 1. The van der Waals surface area contributed by atoms with Crippen LogP contribution in [0.5, 0.6) is 5.75 Å². The number of hydrogen-bond acceptors (Lipinski definition) is 3. The summed E-state index contributed by atoms with van der Waals surface area (Å²) in [6.07, 6.45) is 0. The molecule has 2 amide bonds. The predicted octanol–water partition coefficient (Wildman–Crippen LogP) is 4.87. The van der Waals surface area contributed by atoms with Crippen molar-refractivity contribution in [3.05, 3.63) is 63.6 Å². The molecule has 0 spiro atoms. The fourth-order valence-electron chi connectivity index (χ4n) is 2.74. The highest BCUT2D eigenvalue weighted by atomic mass is 35.5. The number of rotatable bonds is 9. The van der Waals surface area contributed by atoms with Gasteiger partial charge in [0.15, 0.2) is 6.61 Å². The van der Waals surface area contributed by atoms with Crippen molar-refractivity contribution in [1.29, 1.82) is 0 Å². The smallest absolute Gasteiger partial charge is 0.261 e. The second-order valence-electron chi connectivity index (χ2n) is 7.69. The Morgan fingerprint density at radius 3 is 2.33 bits per heavy atom. The summed E-state index contributed by atoms with van der Waals surface area (Å²) >= 11 is 12.0. The molecule has 0 aliphatic rings. The second kappa shape index (κ2) is 11.2. The number of benzene rings is 2. The third-order valence-electron chi connectivity index (χ3n) is 4.57. The zero-order valence-electron chi connectivity index (χ0n) is 17.7. The van der Waals surface area contributed by atoms with E-state index in [1.54, 1.807) is 25.1 Å². The van der Waals surface area contributed by atoms with Crippen molar-refractivity contribution in [2.75, 3.05) is 13.2 Å². The summed E-state index contributed by atoms with van der Waals surface area (Å²) in [5.74, 6) is 0.168. The maximum absolute atomic E-state index is 13.0. The van der Waals surface area contributed by atoms with Gasteiger partial charge in [-0.2, -0.15) is 0 Å². The molecule has 0 saturated carbocycles. The van der Waals surface area contributed by atoms with Gasteiger partial charge < -0.3 is 15.0 Å². The van der Waals surface area contributed by atoms with Gasteiger partial charge in [0.25, 0.3) is 5.91 Å². The first-order chi connectivity index (χ1) is 14.2. The molecule has 1 atom stereocenters. The van der Waals surface area contributed by atoms with E-state index in [4.69, 9.17) is 27.9 Å². The number of ether oxygens (including phenoxy) is 1. The molecule has 30 heavy (non-hydrogen) atoms. The van der Waals surface area contributed by atoms with Gasteiger partial charge in [0.05, 0.1) is 5.02 Å². The first-order valence-electron chi connectivity index (χ1n) is 9.88. The van der Waals surface area contributed by atoms with Crippen LogP contribution in [0.1, 0.15) is 31.9 Å².